The number of amides is 1. The van der Waals surface area contributed by atoms with Gasteiger partial charge in [-0.25, -0.2) is 4.98 Å². The molecule has 1 saturated heterocycles. The molecule has 1 aliphatic rings. The number of aromatic nitrogens is 2. The number of nitrogens with two attached hydrogens (primary N) is 1. The first kappa shape index (κ1) is 14.0. The zero-order valence-corrected chi connectivity index (χ0v) is 11.2. The molecule has 2 heterocycles. The molecular weight excluding hydrogens is 264 g/mol. The summed E-state index contributed by atoms with van der Waals surface area (Å²) in [5.74, 6) is -0.0856. The van der Waals surface area contributed by atoms with Crippen LogP contribution >= 0.6 is 0 Å². The summed E-state index contributed by atoms with van der Waals surface area (Å²) in [6.07, 6.45) is 3.04. The Morgan fingerprint density at radius 3 is 2.80 bits per heavy atom. The molecule has 0 spiro atoms. The van der Waals surface area contributed by atoms with Crippen LogP contribution in [0.15, 0.2) is 6.20 Å². The van der Waals surface area contributed by atoms with Crippen LogP contribution in [-0.4, -0.2) is 52.4 Å². The van der Waals surface area contributed by atoms with Gasteiger partial charge in [-0.1, -0.05) is 0 Å². The summed E-state index contributed by atoms with van der Waals surface area (Å²) >= 11 is 0. The smallest absolute Gasteiger partial charge is 0.329 e. The van der Waals surface area contributed by atoms with Gasteiger partial charge in [0.15, 0.2) is 0 Å². The number of carbonyl (C=O) groups excluding carboxylic acids is 1. The number of rotatable bonds is 4. The van der Waals surface area contributed by atoms with Crippen LogP contribution in [0.4, 0.5) is 17.5 Å². The van der Waals surface area contributed by atoms with Crippen LogP contribution in [-0.2, 0) is 4.79 Å². The van der Waals surface area contributed by atoms with E-state index in [2.05, 4.69) is 9.97 Å². The molecule has 9 heteroatoms. The quantitative estimate of drug-likeness (QED) is 0.610. The summed E-state index contributed by atoms with van der Waals surface area (Å²) < 4.78 is 0. The molecule has 2 N–H and O–H groups in total. The molecule has 0 aliphatic carbocycles. The highest BCUT2D eigenvalue weighted by molar-refractivity contribution is 5.82. The molecular formula is C11H16N6O3. The maximum Gasteiger partial charge on any atom is 0.329 e. The van der Waals surface area contributed by atoms with Crippen molar-refractivity contribution < 1.29 is 9.72 Å². The van der Waals surface area contributed by atoms with E-state index >= 15 is 0 Å². The van der Waals surface area contributed by atoms with Gasteiger partial charge in [0.25, 0.3) is 0 Å². The second-order valence-corrected chi connectivity index (χ2v) is 4.64. The van der Waals surface area contributed by atoms with Crippen LogP contribution in [0, 0.1) is 10.1 Å². The van der Waals surface area contributed by atoms with Gasteiger partial charge in [0.2, 0.25) is 17.7 Å². The third-order valence-electron chi connectivity index (χ3n) is 3.16. The lowest BCUT2D eigenvalue weighted by atomic mass is 10.4. The van der Waals surface area contributed by atoms with Crippen LogP contribution in [0.1, 0.15) is 12.8 Å². The van der Waals surface area contributed by atoms with Gasteiger partial charge >= 0.3 is 5.69 Å². The lowest BCUT2D eigenvalue weighted by Crippen LogP contribution is -2.37. The molecule has 20 heavy (non-hydrogen) atoms. The molecule has 1 aliphatic heterocycles. The fourth-order valence-electron chi connectivity index (χ4n) is 2.13. The van der Waals surface area contributed by atoms with Crippen molar-refractivity contribution in [1.82, 2.24) is 14.9 Å². The molecule has 1 amide bonds. The minimum atomic E-state index is -0.592. The molecule has 2 rings (SSSR count). The number of likely N-dealkylation sites (tertiary alicyclic amines) is 1. The third-order valence-corrected chi connectivity index (χ3v) is 3.16. The SMILES string of the molecule is CN(CC(=O)N1CCCC1)c1nc(N)ncc1[N+](=O)[O-]. The van der Waals surface area contributed by atoms with Crippen molar-refractivity contribution in [2.24, 2.45) is 0 Å². The molecule has 0 aromatic carbocycles. The van der Waals surface area contributed by atoms with Gasteiger partial charge in [0.05, 0.1) is 11.5 Å². The Balaban J connectivity index is 2.15. The standard InChI is InChI=1S/C11H16N6O3/c1-15(7-9(18)16-4-2-3-5-16)10-8(17(19)20)6-13-11(12)14-10/h6H,2-5,7H2,1H3,(H2,12,13,14). The number of nitrogen functional groups attached to an aromatic ring is 1. The van der Waals surface area contributed by atoms with E-state index in [9.17, 15) is 14.9 Å². The molecule has 0 unspecified atom stereocenters. The molecule has 1 aromatic heterocycles. The van der Waals surface area contributed by atoms with Crippen molar-refractivity contribution in [3.63, 3.8) is 0 Å². The number of hydrogen-bond acceptors (Lipinski definition) is 7. The average molecular weight is 280 g/mol. The van der Waals surface area contributed by atoms with Crippen LogP contribution in [0.2, 0.25) is 0 Å². The minimum Gasteiger partial charge on any atom is -0.368 e. The fraction of sp³-hybridized carbons (Fsp3) is 0.545. The van der Waals surface area contributed by atoms with Gasteiger partial charge in [-0.05, 0) is 12.8 Å². The lowest BCUT2D eigenvalue weighted by molar-refractivity contribution is -0.384. The van der Waals surface area contributed by atoms with Crippen molar-refractivity contribution in [2.75, 3.05) is 37.3 Å². The van der Waals surface area contributed by atoms with Gasteiger partial charge < -0.3 is 15.5 Å². The minimum absolute atomic E-state index is 0.0251. The van der Waals surface area contributed by atoms with Crippen LogP contribution in [0.3, 0.4) is 0 Å². The number of nitrogens with zero attached hydrogens (tertiary/aromatic N) is 5. The van der Waals surface area contributed by atoms with E-state index < -0.39 is 4.92 Å². The van der Waals surface area contributed by atoms with Crippen molar-refractivity contribution in [3.8, 4) is 0 Å². The molecule has 1 aromatic rings. The average Bonchev–Trinajstić information content (AvgIpc) is 2.92. The number of carbonyl (C=O) groups is 1. The largest absolute Gasteiger partial charge is 0.368 e. The van der Waals surface area contributed by atoms with E-state index in [-0.39, 0.29) is 29.9 Å². The molecule has 0 bridgehead atoms. The van der Waals surface area contributed by atoms with Crippen LogP contribution < -0.4 is 10.6 Å². The first-order valence-electron chi connectivity index (χ1n) is 6.25. The summed E-state index contributed by atoms with van der Waals surface area (Å²) in [6, 6.07) is 0. The third kappa shape index (κ3) is 2.92. The maximum atomic E-state index is 12.0. The number of hydrogen-bond donors (Lipinski definition) is 1. The van der Waals surface area contributed by atoms with Gasteiger partial charge in [-0.15, -0.1) is 0 Å². The molecule has 108 valence electrons. The molecule has 0 radical (unpaired) electrons. The van der Waals surface area contributed by atoms with Gasteiger partial charge in [-0.2, -0.15) is 4.98 Å². The zero-order chi connectivity index (χ0) is 14.7. The number of nitro groups is 1. The predicted molar refractivity (Wildman–Crippen MR) is 72.2 cm³/mol. The van der Waals surface area contributed by atoms with E-state index in [1.54, 1.807) is 11.9 Å². The van der Waals surface area contributed by atoms with E-state index in [1.165, 1.54) is 4.90 Å². The number of anilines is 2. The highest BCUT2D eigenvalue weighted by Gasteiger charge is 2.24. The van der Waals surface area contributed by atoms with Gasteiger partial charge in [-0.3, -0.25) is 14.9 Å². The molecule has 0 saturated carbocycles. The van der Waals surface area contributed by atoms with Gasteiger partial charge in [0.1, 0.15) is 6.20 Å². The fourth-order valence-corrected chi connectivity index (χ4v) is 2.13. The Morgan fingerprint density at radius 2 is 2.20 bits per heavy atom. The van der Waals surface area contributed by atoms with Crippen molar-refractivity contribution >= 4 is 23.4 Å². The van der Waals surface area contributed by atoms with E-state index in [0.29, 0.717) is 0 Å². The Morgan fingerprint density at radius 1 is 1.55 bits per heavy atom. The van der Waals surface area contributed by atoms with E-state index in [4.69, 9.17) is 5.73 Å². The van der Waals surface area contributed by atoms with Crippen molar-refractivity contribution in [3.05, 3.63) is 16.3 Å². The lowest BCUT2D eigenvalue weighted by Gasteiger charge is -2.21. The molecule has 9 nitrogen and oxygen atoms in total. The Bertz CT molecular complexity index is 529. The molecule has 0 atom stereocenters. The van der Waals surface area contributed by atoms with Crippen molar-refractivity contribution in [2.45, 2.75) is 12.8 Å². The highest BCUT2D eigenvalue weighted by Crippen LogP contribution is 2.24. The first-order valence-corrected chi connectivity index (χ1v) is 6.25. The summed E-state index contributed by atoms with van der Waals surface area (Å²) in [5, 5.41) is 10.9. The normalized spacial score (nSPS) is 14.3. The van der Waals surface area contributed by atoms with E-state index in [1.807, 2.05) is 0 Å². The number of likely N-dealkylation sites (N-methyl/N-ethyl adjacent to an activating group) is 1. The summed E-state index contributed by atoms with van der Waals surface area (Å²) in [4.78, 5) is 33.0. The summed E-state index contributed by atoms with van der Waals surface area (Å²) in [6.45, 7) is 1.50. The van der Waals surface area contributed by atoms with Gasteiger partial charge in [0, 0.05) is 20.1 Å². The molecule has 1 fully saturated rings. The monoisotopic (exact) mass is 280 g/mol. The Hall–Kier alpha value is -2.45. The highest BCUT2D eigenvalue weighted by atomic mass is 16.6. The van der Waals surface area contributed by atoms with Crippen LogP contribution in [0.25, 0.3) is 0 Å². The topological polar surface area (TPSA) is 118 Å². The second-order valence-electron chi connectivity index (χ2n) is 4.64. The summed E-state index contributed by atoms with van der Waals surface area (Å²) in [7, 11) is 1.57. The summed E-state index contributed by atoms with van der Waals surface area (Å²) in [5.41, 5.74) is 5.18. The Kier molecular flexibility index (Phi) is 3.97. The van der Waals surface area contributed by atoms with E-state index in [0.717, 1.165) is 32.1 Å². The zero-order valence-electron chi connectivity index (χ0n) is 11.2. The first-order chi connectivity index (χ1) is 9.49. The Labute approximate surface area is 115 Å². The van der Waals surface area contributed by atoms with Crippen LogP contribution in [0.5, 0.6) is 0 Å². The van der Waals surface area contributed by atoms with Crippen molar-refractivity contribution in [1.29, 1.82) is 0 Å². The predicted octanol–water partition coefficient (Wildman–Crippen LogP) is 0.0256. The second kappa shape index (κ2) is 5.68. The maximum absolute atomic E-state index is 12.0.